The number of aliphatic hydroxyl groups excluding tert-OH is 3. The highest BCUT2D eigenvalue weighted by Gasteiger charge is 2.45. The molecule has 4 atom stereocenters. The minimum atomic E-state index is -1.34. The van der Waals surface area contributed by atoms with Crippen LogP contribution in [0.5, 0.6) is 11.5 Å². The average Bonchev–Trinajstić information content (AvgIpc) is 3.45. The van der Waals surface area contributed by atoms with Gasteiger partial charge in [-0.2, -0.15) is 5.10 Å². The highest BCUT2D eigenvalue weighted by atomic mass is 16.7. The van der Waals surface area contributed by atoms with Crippen LogP contribution in [-0.2, 0) is 4.74 Å². The van der Waals surface area contributed by atoms with Crippen LogP contribution in [0.25, 0.3) is 11.2 Å². The van der Waals surface area contributed by atoms with Crippen LogP contribution in [0.3, 0.4) is 0 Å². The largest absolute Gasteiger partial charge is 0.454 e. The van der Waals surface area contributed by atoms with Crippen molar-refractivity contribution in [2.75, 3.05) is 24.6 Å². The molecule has 4 heterocycles. The van der Waals surface area contributed by atoms with E-state index in [-0.39, 0.29) is 29.7 Å². The first-order valence-electron chi connectivity index (χ1n) is 9.36. The van der Waals surface area contributed by atoms with E-state index in [0.29, 0.717) is 11.5 Å². The number of nitrogens with one attached hydrogen (secondary N) is 1. The molecular formula is C18H19N7O6. The van der Waals surface area contributed by atoms with Gasteiger partial charge >= 0.3 is 0 Å². The van der Waals surface area contributed by atoms with Gasteiger partial charge in [0.05, 0.1) is 12.8 Å². The van der Waals surface area contributed by atoms with Crippen molar-refractivity contribution in [2.45, 2.75) is 24.5 Å². The Morgan fingerprint density at radius 2 is 2.06 bits per heavy atom. The van der Waals surface area contributed by atoms with Gasteiger partial charge in [0, 0.05) is 0 Å². The fourth-order valence-corrected chi connectivity index (χ4v) is 3.50. The number of fused-ring (bicyclic) bond motifs is 2. The molecule has 2 aromatic heterocycles. The van der Waals surface area contributed by atoms with E-state index in [9.17, 15) is 15.3 Å². The summed E-state index contributed by atoms with van der Waals surface area (Å²) in [6, 6.07) is 5.34. The predicted molar refractivity (Wildman–Crippen MR) is 107 cm³/mol. The molecule has 13 nitrogen and oxygen atoms in total. The second-order valence-electron chi connectivity index (χ2n) is 6.95. The first-order valence-corrected chi connectivity index (χ1v) is 9.36. The molecule has 2 aliphatic heterocycles. The van der Waals surface area contributed by atoms with Crippen LogP contribution in [-0.4, -0.2) is 72.8 Å². The van der Waals surface area contributed by atoms with Crippen molar-refractivity contribution in [3.63, 3.8) is 0 Å². The van der Waals surface area contributed by atoms with Crippen LogP contribution in [0.4, 0.5) is 11.8 Å². The molecule has 0 aliphatic carbocycles. The Labute approximate surface area is 174 Å². The first kappa shape index (κ1) is 19.4. The summed E-state index contributed by atoms with van der Waals surface area (Å²) in [4.78, 5) is 12.5. The third-order valence-corrected chi connectivity index (χ3v) is 5.05. The number of hydrazone groups is 1. The number of rotatable bonds is 5. The van der Waals surface area contributed by atoms with Gasteiger partial charge in [-0.25, -0.2) is 20.4 Å². The second-order valence-corrected chi connectivity index (χ2v) is 6.95. The molecule has 0 spiro atoms. The number of anilines is 2. The van der Waals surface area contributed by atoms with Gasteiger partial charge in [-0.1, -0.05) is 0 Å². The number of nitrogens with zero attached hydrogens (tertiary/aromatic N) is 5. The second kappa shape index (κ2) is 7.63. The fraction of sp³-hybridized carbons (Fsp3) is 0.333. The van der Waals surface area contributed by atoms with E-state index in [1.165, 1.54) is 17.1 Å². The van der Waals surface area contributed by atoms with Crippen LogP contribution in [0.15, 0.2) is 29.6 Å². The number of nitrogen functional groups attached to an aromatic ring is 1. The molecular weight excluding hydrogens is 410 g/mol. The highest BCUT2D eigenvalue weighted by Crippen LogP contribution is 2.35. The molecule has 5 rings (SSSR count). The van der Waals surface area contributed by atoms with E-state index >= 15 is 0 Å². The van der Waals surface area contributed by atoms with E-state index in [0.717, 1.165) is 5.56 Å². The standard InChI is InChI=1S/C18H19N7O6/c19-15-12-16(21-6-20-15)25(17-14(28)13(27)11(5-26)31-17)18(23-12)24-22-4-8-1-2-9-10(3-8)30-7-29-9/h1-4,6,11,13-14,17,26-28H,5,7H2,(H,23,24)(H2,19,20,21)/b22-4-/t11-,13-,14-,17-/m0/s1. The maximum absolute atomic E-state index is 10.5. The number of hydrogen-bond acceptors (Lipinski definition) is 12. The molecule has 0 saturated carbocycles. The number of hydrogen-bond donors (Lipinski definition) is 5. The zero-order chi connectivity index (χ0) is 21.5. The zero-order valence-electron chi connectivity index (χ0n) is 16.0. The average molecular weight is 429 g/mol. The minimum Gasteiger partial charge on any atom is -0.454 e. The Kier molecular flexibility index (Phi) is 4.78. The summed E-state index contributed by atoms with van der Waals surface area (Å²) in [6.07, 6.45) is -1.91. The van der Waals surface area contributed by atoms with Crippen LogP contribution >= 0.6 is 0 Å². The number of nitrogens with two attached hydrogens (primary N) is 1. The summed E-state index contributed by atoms with van der Waals surface area (Å²) >= 11 is 0. The van der Waals surface area contributed by atoms with Crippen molar-refractivity contribution in [2.24, 2.45) is 5.10 Å². The van der Waals surface area contributed by atoms with Gasteiger partial charge in [0.2, 0.25) is 12.7 Å². The Morgan fingerprint density at radius 1 is 1.23 bits per heavy atom. The van der Waals surface area contributed by atoms with E-state index in [2.05, 4.69) is 25.5 Å². The monoisotopic (exact) mass is 429 g/mol. The van der Waals surface area contributed by atoms with Gasteiger partial charge in [0.25, 0.3) is 0 Å². The van der Waals surface area contributed by atoms with Gasteiger partial charge < -0.3 is 35.3 Å². The predicted octanol–water partition coefficient (Wildman–Crippen LogP) is -0.805. The summed E-state index contributed by atoms with van der Waals surface area (Å²) < 4.78 is 17.7. The van der Waals surface area contributed by atoms with E-state index in [1.54, 1.807) is 18.2 Å². The lowest BCUT2D eigenvalue weighted by Crippen LogP contribution is -2.33. The van der Waals surface area contributed by atoms with Crippen LogP contribution in [0.2, 0.25) is 0 Å². The normalized spacial score (nSPS) is 25.0. The summed E-state index contributed by atoms with van der Waals surface area (Å²) in [5, 5.41) is 34.2. The first-order chi connectivity index (χ1) is 15.1. The van der Waals surface area contributed by atoms with Gasteiger partial charge in [-0.3, -0.25) is 4.57 Å². The Hall–Kier alpha value is -3.52. The molecule has 31 heavy (non-hydrogen) atoms. The molecule has 0 radical (unpaired) electrons. The molecule has 13 heteroatoms. The van der Waals surface area contributed by atoms with E-state index in [4.69, 9.17) is 19.9 Å². The molecule has 0 unspecified atom stereocenters. The van der Waals surface area contributed by atoms with Crippen molar-refractivity contribution in [1.82, 2.24) is 19.5 Å². The van der Waals surface area contributed by atoms with Crippen molar-refractivity contribution in [3.8, 4) is 11.5 Å². The van der Waals surface area contributed by atoms with Gasteiger partial charge in [0.1, 0.15) is 24.6 Å². The minimum absolute atomic E-state index is 0.123. The molecule has 1 saturated heterocycles. The summed E-state index contributed by atoms with van der Waals surface area (Å²) in [5.41, 5.74) is 9.97. The van der Waals surface area contributed by atoms with E-state index < -0.39 is 31.1 Å². The van der Waals surface area contributed by atoms with Crippen molar-refractivity contribution >= 4 is 29.1 Å². The van der Waals surface area contributed by atoms with Gasteiger partial charge in [0.15, 0.2) is 34.7 Å². The number of aromatic nitrogens is 4. The molecule has 3 aromatic rings. The highest BCUT2D eigenvalue weighted by molar-refractivity contribution is 5.85. The van der Waals surface area contributed by atoms with E-state index in [1.807, 2.05) is 0 Å². The SMILES string of the molecule is Nc1ncnc2c1nc(N/N=C\c1ccc3c(c1)OCO3)n2[C@H]1O[C@@H](CO)[C@H](O)[C@@H]1O. The Balaban J connectivity index is 1.48. The molecule has 2 aliphatic rings. The third kappa shape index (κ3) is 3.29. The molecule has 0 bridgehead atoms. The molecule has 1 aromatic carbocycles. The van der Waals surface area contributed by atoms with Crippen LogP contribution < -0.4 is 20.6 Å². The lowest BCUT2D eigenvalue weighted by molar-refractivity contribution is -0.0501. The van der Waals surface area contributed by atoms with Crippen molar-refractivity contribution in [1.29, 1.82) is 0 Å². The molecule has 162 valence electrons. The number of aliphatic hydroxyl groups is 3. The lowest BCUT2D eigenvalue weighted by Gasteiger charge is -2.18. The topological polar surface area (TPSA) is 182 Å². The zero-order valence-corrected chi connectivity index (χ0v) is 16.0. The number of ether oxygens (including phenoxy) is 3. The van der Waals surface area contributed by atoms with Gasteiger partial charge in [-0.15, -0.1) is 0 Å². The summed E-state index contributed by atoms with van der Waals surface area (Å²) in [7, 11) is 0. The molecule has 0 amide bonds. The molecule has 1 fully saturated rings. The number of benzene rings is 1. The lowest BCUT2D eigenvalue weighted by atomic mass is 10.1. The third-order valence-electron chi connectivity index (χ3n) is 5.05. The van der Waals surface area contributed by atoms with Crippen molar-refractivity contribution < 1.29 is 29.5 Å². The maximum atomic E-state index is 10.5. The van der Waals surface area contributed by atoms with Gasteiger partial charge in [-0.05, 0) is 23.8 Å². The van der Waals surface area contributed by atoms with Crippen LogP contribution in [0, 0.1) is 0 Å². The Morgan fingerprint density at radius 3 is 2.87 bits per heavy atom. The summed E-state index contributed by atoms with van der Waals surface area (Å²) in [5.74, 6) is 1.54. The summed E-state index contributed by atoms with van der Waals surface area (Å²) in [6.45, 7) is -0.297. The smallest absolute Gasteiger partial charge is 0.231 e. The quantitative estimate of drug-likeness (QED) is 0.253. The molecule has 6 N–H and O–H groups in total. The fourth-order valence-electron chi connectivity index (χ4n) is 3.50. The van der Waals surface area contributed by atoms with Crippen molar-refractivity contribution in [3.05, 3.63) is 30.1 Å². The number of imidazole rings is 1. The van der Waals surface area contributed by atoms with Crippen LogP contribution in [0.1, 0.15) is 11.8 Å². The Bertz CT molecular complexity index is 1150. The maximum Gasteiger partial charge on any atom is 0.231 e.